The molecular formula is C8H20Cl2N2. The Morgan fingerprint density at radius 1 is 1.25 bits per heavy atom. The number of nitrogens with one attached hydrogen (secondary N) is 1. The maximum atomic E-state index is 5.27. The van der Waals surface area contributed by atoms with E-state index in [4.69, 9.17) is 5.84 Å². The second-order valence-corrected chi connectivity index (χ2v) is 3.43. The lowest BCUT2D eigenvalue weighted by Gasteiger charge is -2.28. The van der Waals surface area contributed by atoms with E-state index in [9.17, 15) is 0 Å². The van der Waals surface area contributed by atoms with Crippen LogP contribution in [0, 0.1) is 11.8 Å². The van der Waals surface area contributed by atoms with Crippen molar-refractivity contribution in [2.24, 2.45) is 17.7 Å². The first-order chi connectivity index (χ1) is 4.84. The van der Waals surface area contributed by atoms with Gasteiger partial charge in [-0.2, -0.15) is 0 Å². The molecule has 0 spiro atoms. The molecule has 0 radical (unpaired) electrons. The predicted molar refractivity (Wildman–Crippen MR) is 57.8 cm³/mol. The summed E-state index contributed by atoms with van der Waals surface area (Å²) in [6.07, 6.45) is 5.58. The SMILES string of the molecule is CC1CCCCC1CNN.Cl.Cl. The molecule has 2 atom stereocenters. The molecule has 1 saturated carbocycles. The molecule has 0 heterocycles. The van der Waals surface area contributed by atoms with Crippen LogP contribution in [0.2, 0.25) is 0 Å². The number of hydrogen-bond donors (Lipinski definition) is 2. The van der Waals surface area contributed by atoms with Crippen LogP contribution in [0.1, 0.15) is 32.6 Å². The summed E-state index contributed by atoms with van der Waals surface area (Å²) in [6.45, 7) is 3.34. The van der Waals surface area contributed by atoms with E-state index in [1.165, 1.54) is 25.7 Å². The van der Waals surface area contributed by atoms with Gasteiger partial charge in [0.1, 0.15) is 0 Å². The number of hydrazine groups is 1. The van der Waals surface area contributed by atoms with Gasteiger partial charge in [0.05, 0.1) is 0 Å². The van der Waals surface area contributed by atoms with E-state index in [0.717, 1.165) is 18.4 Å². The van der Waals surface area contributed by atoms with Gasteiger partial charge >= 0.3 is 0 Å². The highest BCUT2D eigenvalue weighted by Crippen LogP contribution is 2.28. The highest BCUT2D eigenvalue weighted by molar-refractivity contribution is 5.85. The molecule has 0 bridgehead atoms. The van der Waals surface area contributed by atoms with Crippen LogP contribution in [0.4, 0.5) is 0 Å². The van der Waals surface area contributed by atoms with Crippen LogP contribution < -0.4 is 11.3 Å². The maximum Gasteiger partial charge on any atom is 0.0128 e. The molecule has 1 fully saturated rings. The highest BCUT2D eigenvalue weighted by Gasteiger charge is 2.19. The van der Waals surface area contributed by atoms with Gasteiger partial charge in [-0.1, -0.05) is 26.2 Å². The van der Waals surface area contributed by atoms with E-state index in [1.807, 2.05) is 0 Å². The largest absolute Gasteiger partial charge is 0.271 e. The summed E-state index contributed by atoms with van der Waals surface area (Å²) in [5.74, 6) is 6.98. The first kappa shape index (κ1) is 15.0. The van der Waals surface area contributed by atoms with Crippen LogP contribution in [0.25, 0.3) is 0 Å². The Labute approximate surface area is 87.5 Å². The third-order valence-corrected chi connectivity index (χ3v) is 2.67. The summed E-state index contributed by atoms with van der Waals surface area (Å²) < 4.78 is 0. The van der Waals surface area contributed by atoms with Crippen LogP contribution in [0.3, 0.4) is 0 Å². The zero-order chi connectivity index (χ0) is 7.40. The fourth-order valence-electron chi connectivity index (χ4n) is 1.85. The molecule has 0 aromatic carbocycles. The molecule has 0 aromatic heterocycles. The van der Waals surface area contributed by atoms with E-state index in [2.05, 4.69) is 12.3 Å². The lowest BCUT2D eigenvalue weighted by molar-refractivity contribution is 0.249. The van der Waals surface area contributed by atoms with Gasteiger partial charge in [-0.3, -0.25) is 11.3 Å². The molecule has 2 nitrogen and oxygen atoms in total. The number of halogens is 2. The second kappa shape index (κ2) is 8.11. The Balaban J connectivity index is 0. The summed E-state index contributed by atoms with van der Waals surface area (Å²) in [5.41, 5.74) is 2.77. The van der Waals surface area contributed by atoms with Crippen molar-refractivity contribution in [2.45, 2.75) is 32.6 Å². The molecular weight excluding hydrogens is 195 g/mol. The Kier molecular flexibility index (Phi) is 10.1. The van der Waals surface area contributed by atoms with Crippen molar-refractivity contribution in [2.75, 3.05) is 6.54 Å². The van der Waals surface area contributed by atoms with E-state index in [-0.39, 0.29) is 24.8 Å². The van der Waals surface area contributed by atoms with Crippen molar-refractivity contribution in [1.29, 1.82) is 0 Å². The molecule has 0 saturated heterocycles. The number of rotatable bonds is 2. The first-order valence-electron chi connectivity index (χ1n) is 4.28. The maximum absolute atomic E-state index is 5.27. The van der Waals surface area contributed by atoms with Gasteiger partial charge in [-0.05, 0) is 18.3 Å². The monoisotopic (exact) mass is 214 g/mol. The average molecular weight is 215 g/mol. The minimum Gasteiger partial charge on any atom is -0.271 e. The van der Waals surface area contributed by atoms with Gasteiger partial charge in [0.15, 0.2) is 0 Å². The van der Waals surface area contributed by atoms with Crippen LogP contribution in [0.5, 0.6) is 0 Å². The molecule has 3 N–H and O–H groups in total. The van der Waals surface area contributed by atoms with E-state index < -0.39 is 0 Å². The quantitative estimate of drug-likeness (QED) is 0.547. The van der Waals surface area contributed by atoms with Gasteiger partial charge < -0.3 is 0 Å². The minimum atomic E-state index is 0. The normalized spacial score (nSPS) is 28.5. The van der Waals surface area contributed by atoms with Crippen molar-refractivity contribution in [1.82, 2.24) is 5.43 Å². The fourth-order valence-corrected chi connectivity index (χ4v) is 1.85. The van der Waals surface area contributed by atoms with Crippen LogP contribution in [-0.4, -0.2) is 6.54 Å². The fraction of sp³-hybridized carbons (Fsp3) is 1.00. The number of hydrogen-bond acceptors (Lipinski definition) is 2. The summed E-state index contributed by atoms with van der Waals surface area (Å²) in [5, 5.41) is 0. The Morgan fingerprint density at radius 3 is 2.33 bits per heavy atom. The Hall–Kier alpha value is 0.500. The van der Waals surface area contributed by atoms with Crippen molar-refractivity contribution >= 4 is 24.8 Å². The molecule has 1 aliphatic carbocycles. The van der Waals surface area contributed by atoms with Gasteiger partial charge in [0.2, 0.25) is 0 Å². The molecule has 0 aliphatic heterocycles. The molecule has 0 aromatic rings. The molecule has 4 heteroatoms. The van der Waals surface area contributed by atoms with Crippen molar-refractivity contribution in [3.63, 3.8) is 0 Å². The Morgan fingerprint density at radius 2 is 1.83 bits per heavy atom. The third-order valence-electron chi connectivity index (χ3n) is 2.67. The Bertz CT molecular complexity index is 99.1. The van der Waals surface area contributed by atoms with Gasteiger partial charge in [-0.15, -0.1) is 24.8 Å². The van der Waals surface area contributed by atoms with Crippen molar-refractivity contribution < 1.29 is 0 Å². The van der Waals surface area contributed by atoms with E-state index >= 15 is 0 Å². The number of nitrogens with two attached hydrogens (primary N) is 1. The van der Waals surface area contributed by atoms with Crippen molar-refractivity contribution in [3.05, 3.63) is 0 Å². The molecule has 1 aliphatic rings. The van der Waals surface area contributed by atoms with E-state index in [0.29, 0.717) is 0 Å². The zero-order valence-corrected chi connectivity index (χ0v) is 9.22. The summed E-state index contributed by atoms with van der Waals surface area (Å²) in [6, 6.07) is 0. The van der Waals surface area contributed by atoms with Crippen LogP contribution in [0.15, 0.2) is 0 Å². The lowest BCUT2D eigenvalue weighted by Crippen LogP contribution is -2.33. The van der Waals surface area contributed by atoms with Crippen LogP contribution >= 0.6 is 24.8 Å². The van der Waals surface area contributed by atoms with Crippen molar-refractivity contribution in [3.8, 4) is 0 Å². The van der Waals surface area contributed by atoms with Gasteiger partial charge in [0.25, 0.3) is 0 Å². The molecule has 76 valence electrons. The van der Waals surface area contributed by atoms with E-state index in [1.54, 1.807) is 0 Å². The standard InChI is InChI=1S/C8H18N2.2ClH/c1-7-4-2-3-5-8(7)6-10-9;;/h7-8,10H,2-6,9H2,1H3;2*1H. The predicted octanol–water partition coefficient (Wildman–Crippen LogP) is 2.12. The van der Waals surface area contributed by atoms with Gasteiger partial charge in [-0.25, -0.2) is 0 Å². The summed E-state index contributed by atoms with van der Waals surface area (Å²) >= 11 is 0. The minimum absolute atomic E-state index is 0. The molecule has 0 amide bonds. The summed E-state index contributed by atoms with van der Waals surface area (Å²) in [7, 11) is 0. The second-order valence-electron chi connectivity index (χ2n) is 3.43. The summed E-state index contributed by atoms with van der Waals surface area (Å²) in [4.78, 5) is 0. The topological polar surface area (TPSA) is 38.0 Å². The third kappa shape index (κ3) is 4.51. The van der Waals surface area contributed by atoms with Crippen LogP contribution in [-0.2, 0) is 0 Å². The molecule has 1 rings (SSSR count). The zero-order valence-electron chi connectivity index (χ0n) is 7.58. The molecule has 12 heavy (non-hydrogen) atoms. The first-order valence-corrected chi connectivity index (χ1v) is 4.28. The lowest BCUT2D eigenvalue weighted by atomic mass is 9.80. The molecule has 2 unspecified atom stereocenters. The smallest absolute Gasteiger partial charge is 0.0128 e. The highest BCUT2D eigenvalue weighted by atomic mass is 35.5. The average Bonchev–Trinajstić information content (AvgIpc) is 1.94. The van der Waals surface area contributed by atoms with Gasteiger partial charge in [0, 0.05) is 6.54 Å².